The maximum absolute atomic E-state index is 13.3. The van der Waals surface area contributed by atoms with Crippen LogP contribution in [0.25, 0.3) is 16.9 Å². The van der Waals surface area contributed by atoms with Crippen LogP contribution in [0.2, 0.25) is 0 Å². The highest BCUT2D eigenvalue weighted by Crippen LogP contribution is 2.43. The summed E-state index contributed by atoms with van der Waals surface area (Å²) in [6.45, 7) is 5.04. The Morgan fingerprint density at radius 3 is 2.81 bits per heavy atom. The number of nitrogens with zero attached hydrogens (tertiary/aromatic N) is 4. The van der Waals surface area contributed by atoms with E-state index in [9.17, 15) is 4.79 Å². The third-order valence-corrected chi connectivity index (χ3v) is 7.07. The van der Waals surface area contributed by atoms with Crippen LogP contribution in [0.1, 0.15) is 61.6 Å². The Morgan fingerprint density at radius 1 is 1.28 bits per heavy atom. The average Bonchev–Trinajstić information content (AvgIpc) is 3.33. The van der Waals surface area contributed by atoms with Crippen LogP contribution < -0.4 is 5.32 Å². The van der Waals surface area contributed by atoms with Crippen LogP contribution in [0.15, 0.2) is 36.9 Å². The van der Waals surface area contributed by atoms with Gasteiger partial charge in [0.2, 0.25) is 0 Å². The molecule has 4 atom stereocenters. The number of aryl methyl sites for hydroxylation is 1. The van der Waals surface area contributed by atoms with Crippen LogP contribution in [0.4, 0.5) is 0 Å². The van der Waals surface area contributed by atoms with Gasteiger partial charge in [-0.2, -0.15) is 0 Å². The van der Waals surface area contributed by atoms with Crippen molar-refractivity contribution in [1.82, 2.24) is 24.7 Å². The van der Waals surface area contributed by atoms with E-state index in [1.54, 1.807) is 18.7 Å². The monoisotopic (exact) mass is 433 g/mol. The first-order valence-electron chi connectivity index (χ1n) is 11.8. The van der Waals surface area contributed by atoms with E-state index < -0.39 is 0 Å². The summed E-state index contributed by atoms with van der Waals surface area (Å²) in [5.74, 6) is 0.840. The van der Waals surface area contributed by atoms with E-state index in [2.05, 4.69) is 22.2 Å². The maximum atomic E-state index is 13.3. The molecule has 5 rings (SSSR count). The van der Waals surface area contributed by atoms with Crippen molar-refractivity contribution in [2.24, 2.45) is 11.8 Å². The molecule has 2 fully saturated rings. The van der Waals surface area contributed by atoms with Crippen molar-refractivity contribution in [3.8, 4) is 11.3 Å². The number of unbranched alkanes of at least 4 members (excludes halogenated alkanes) is 1. The van der Waals surface area contributed by atoms with Crippen molar-refractivity contribution in [1.29, 1.82) is 0 Å². The highest BCUT2D eigenvalue weighted by Gasteiger charge is 2.44. The van der Waals surface area contributed by atoms with Crippen molar-refractivity contribution in [2.45, 2.75) is 64.5 Å². The zero-order chi connectivity index (χ0) is 22.1. The minimum absolute atomic E-state index is 0.130. The van der Waals surface area contributed by atoms with Crippen molar-refractivity contribution in [2.75, 3.05) is 6.61 Å². The Morgan fingerprint density at radius 2 is 2.09 bits per heavy atom. The molecule has 0 spiro atoms. The lowest BCUT2D eigenvalue weighted by molar-refractivity contribution is -0.00121. The summed E-state index contributed by atoms with van der Waals surface area (Å²) in [6.07, 6.45) is 12.2. The molecular weight excluding hydrogens is 402 g/mol. The number of imidazole rings is 1. The molecule has 7 heteroatoms. The quantitative estimate of drug-likeness (QED) is 0.565. The molecule has 3 aromatic rings. The molecule has 3 heterocycles. The molecule has 2 aliphatic carbocycles. The minimum atomic E-state index is -0.130. The van der Waals surface area contributed by atoms with Crippen LogP contribution in [0.5, 0.6) is 0 Å². The molecule has 0 aromatic carbocycles. The van der Waals surface area contributed by atoms with Crippen molar-refractivity contribution in [3.63, 3.8) is 0 Å². The Kier molecular flexibility index (Phi) is 5.91. The van der Waals surface area contributed by atoms with E-state index >= 15 is 0 Å². The molecule has 32 heavy (non-hydrogen) atoms. The van der Waals surface area contributed by atoms with Gasteiger partial charge in [0.05, 0.1) is 11.8 Å². The Labute approximate surface area is 188 Å². The van der Waals surface area contributed by atoms with E-state index in [1.807, 2.05) is 29.5 Å². The van der Waals surface area contributed by atoms with Crippen LogP contribution in [-0.4, -0.2) is 44.0 Å². The number of carbonyl (C=O) groups excluding carboxylic acids is 1. The third kappa shape index (κ3) is 4.01. The molecule has 0 saturated heterocycles. The standard InChI is InChI=1S/C25H31N5O2/c1-3-4-10-32-20-12-17-7-8-18(13-20)22(17)29-25(31)23-24-28-21(19-6-5-9-26-14-19)11-16(2)30(24)15-27-23/h5-6,9,11,14-15,17-18,20,22H,3-4,7-8,10,12-13H2,1-2H3,(H,29,31)/t17-,18+,20-,22-. The van der Waals surface area contributed by atoms with Gasteiger partial charge >= 0.3 is 0 Å². The molecule has 0 radical (unpaired) electrons. The highest BCUT2D eigenvalue weighted by molar-refractivity contribution is 5.98. The van der Waals surface area contributed by atoms with Gasteiger partial charge in [-0.1, -0.05) is 13.3 Å². The van der Waals surface area contributed by atoms with E-state index in [4.69, 9.17) is 9.72 Å². The van der Waals surface area contributed by atoms with Crippen molar-refractivity contribution in [3.05, 3.63) is 48.3 Å². The second-order valence-corrected chi connectivity index (χ2v) is 9.23. The Balaban J connectivity index is 1.34. The number of pyridine rings is 1. The van der Waals surface area contributed by atoms with Gasteiger partial charge in [-0.05, 0) is 69.1 Å². The molecule has 2 bridgehead atoms. The van der Waals surface area contributed by atoms with Crippen molar-refractivity contribution < 1.29 is 9.53 Å². The lowest BCUT2D eigenvalue weighted by Gasteiger charge is -2.35. The molecule has 168 valence electrons. The summed E-state index contributed by atoms with van der Waals surface area (Å²) in [4.78, 5) is 26.7. The predicted molar refractivity (Wildman–Crippen MR) is 122 cm³/mol. The topological polar surface area (TPSA) is 81.4 Å². The summed E-state index contributed by atoms with van der Waals surface area (Å²) in [7, 11) is 0. The fourth-order valence-corrected chi connectivity index (χ4v) is 5.40. The molecule has 3 aromatic heterocycles. The minimum Gasteiger partial charge on any atom is -0.378 e. The maximum Gasteiger partial charge on any atom is 0.274 e. The largest absolute Gasteiger partial charge is 0.378 e. The average molecular weight is 434 g/mol. The number of nitrogens with one attached hydrogen (secondary N) is 1. The molecule has 0 aliphatic heterocycles. The number of hydrogen-bond donors (Lipinski definition) is 1. The van der Waals surface area contributed by atoms with Crippen LogP contribution in [0.3, 0.4) is 0 Å². The zero-order valence-electron chi connectivity index (χ0n) is 18.8. The molecule has 0 unspecified atom stereocenters. The zero-order valence-corrected chi connectivity index (χ0v) is 18.8. The second-order valence-electron chi connectivity index (χ2n) is 9.23. The number of fused-ring (bicyclic) bond motifs is 3. The summed E-state index contributed by atoms with van der Waals surface area (Å²) in [5, 5.41) is 3.32. The van der Waals surface area contributed by atoms with E-state index in [-0.39, 0.29) is 11.9 Å². The number of ether oxygens (including phenoxy) is 1. The summed E-state index contributed by atoms with van der Waals surface area (Å²) < 4.78 is 7.99. The summed E-state index contributed by atoms with van der Waals surface area (Å²) in [5.41, 5.74) is 3.67. The number of hydrogen-bond acceptors (Lipinski definition) is 5. The normalized spacial score (nSPS) is 24.7. The van der Waals surface area contributed by atoms with Gasteiger partial charge < -0.3 is 10.1 Å². The number of rotatable bonds is 7. The smallest absolute Gasteiger partial charge is 0.274 e. The Hall–Kier alpha value is -2.80. The number of aromatic nitrogens is 4. The first-order valence-corrected chi connectivity index (χ1v) is 11.8. The first kappa shape index (κ1) is 21.1. The van der Waals surface area contributed by atoms with Gasteiger partial charge in [0, 0.05) is 36.3 Å². The molecule has 7 nitrogen and oxygen atoms in total. The third-order valence-electron chi connectivity index (χ3n) is 7.07. The predicted octanol–water partition coefficient (Wildman–Crippen LogP) is 4.20. The van der Waals surface area contributed by atoms with Gasteiger partial charge in [0.15, 0.2) is 11.3 Å². The van der Waals surface area contributed by atoms with Crippen LogP contribution in [0, 0.1) is 18.8 Å². The van der Waals surface area contributed by atoms with Gasteiger partial charge in [0.1, 0.15) is 6.33 Å². The highest BCUT2D eigenvalue weighted by atomic mass is 16.5. The van der Waals surface area contributed by atoms with Gasteiger partial charge in [-0.15, -0.1) is 0 Å². The summed E-state index contributed by atoms with van der Waals surface area (Å²) >= 11 is 0. The molecular formula is C25H31N5O2. The SMILES string of the molecule is CCCCO[C@@H]1C[C@H]2CC[C@@H](C1)[C@@H]2NC(=O)c1ncn2c(C)cc(-c3cccnc3)nc12. The molecule has 1 amide bonds. The van der Waals surface area contributed by atoms with Crippen molar-refractivity contribution >= 4 is 11.6 Å². The van der Waals surface area contributed by atoms with Crippen LogP contribution >= 0.6 is 0 Å². The van der Waals surface area contributed by atoms with Gasteiger partial charge in [0.25, 0.3) is 5.91 Å². The fourth-order valence-electron chi connectivity index (χ4n) is 5.40. The fraction of sp³-hybridized carbons (Fsp3) is 0.520. The Bertz CT molecular complexity index is 1080. The van der Waals surface area contributed by atoms with E-state index in [1.165, 1.54) is 0 Å². The molecule has 1 N–H and O–H groups in total. The lowest BCUT2D eigenvalue weighted by Crippen LogP contribution is -2.46. The second kappa shape index (κ2) is 8.98. The summed E-state index contributed by atoms with van der Waals surface area (Å²) in [6, 6.07) is 6.06. The van der Waals surface area contributed by atoms with Gasteiger partial charge in [-0.3, -0.25) is 14.2 Å². The molecule has 2 saturated carbocycles. The lowest BCUT2D eigenvalue weighted by atomic mass is 9.82. The van der Waals surface area contributed by atoms with E-state index in [0.29, 0.717) is 29.3 Å². The molecule has 2 aliphatic rings. The van der Waals surface area contributed by atoms with Gasteiger partial charge in [-0.25, -0.2) is 9.97 Å². The van der Waals surface area contributed by atoms with Crippen LogP contribution in [-0.2, 0) is 4.74 Å². The number of carbonyl (C=O) groups is 1. The first-order chi connectivity index (χ1) is 15.6. The number of amides is 1. The van der Waals surface area contributed by atoms with E-state index in [0.717, 1.165) is 62.1 Å².